The fourth-order valence-electron chi connectivity index (χ4n) is 3.97. The minimum atomic E-state index is -1.17. The Kier molecular flexibility index (Phi) is 8.34. The second-order valence-corrected chi connectivity index (χ2v) is 8.30. The molecule has 1 atom stereocenters. The maximum Gasteiger partial charge on any atom is 0.130 e. The Morgan fingerprint density at radius 3 is 2.07 bits per heavy atom. The van der Waals surface area contributed by atoms with E-state index in [9.17, 15) is 14.0 Å². The Bertz CT molecular complexity index is 791. The van der Waals surface area contributed by atoms with Crippen LogP contribution in [0.15, 0.2) is 48.5 Å². The normalized spacial score (nSPS) is 13.7. The molecule has 0 heterocycles. The first-order valence-electron chi connectivity index (χ1n) is 10.5. The van der Waals surface area contributed by atoms with E-state index >= 15 is 0 Å². The van der Waals surface area contributed by atoms with Gasteiger partial charge in [-0.25, -0.2) is 8.78 Å². The summed E-state index contributed by atoms with van der Waals surface area (Å²) in [5.74, 6) is -1.47. The van der Waals surface area contributed by atoms with Gasteiger partial charge in [-0.3, -0.25) is 0 Å². The largest absolute Gasteiger partial charge is 0.301 e. The summed E-state index contributed by atoms with van der Waals surface area (Å²) in [5.41, 5.74) is 0.0374. The number of nitriles is 1. The van der Waals surface area contributed by atoms with Crippen LogP contribution in [0.1, 0.15) is 51.7 Å². The third-order valence-corrected chi connectivity index (χ3v) is 5.87. The van der Waals surface area contributed by atoms with Crippen molar-refractivity contribution in [2.75, 3.05) is 13.1 Å². The van der Waals surface area contributed by atoms with E-state index in [-0.39, 0.29) is 11.5 Å². The molecule has 4 heteroatoms. The van der Waals surface area contributed by atoms with Crippen molar-refractivity contribution < 1.29 is 8.78 Å². The standard InChI is InChI=1S/C25H32F2N2/c1-19(2)25(18-28,24-22(26)12-8-13-23(24)27)15-9-16-29(20(3)4)17-14-21-10-6-5-7-11-21/h5-8,10-13,19-20H,9,14-17H2,1-4H3. The maximum absolute atomic E-state index is 14.5. The van der Waals surface area contributed by atoms with Crippen LogP contribution in [-0.2, 0) is 11.8 Å². The lowest BCUT2D eigenvalue weighted by Crippen LogP contribution is -2.37. The molecule has 0 saturated carbocycles. The molecular formula is C25H32F2N2. The van der Waals surface area contributed by atoms with Crippen LogP contribution in [0.3, 0.4) is 0 Å². The number of hydrogen-bond donors (Lipinski definition) is 0. The molecule has 0 N–H and O–H groups in total. The lowest BCUT2D eigenvalue weighted by atomic mass is 9.69. The molecule has 0 bridgehead atoms. The van der Waals surface area contributed by atoms with Gasteiger partial charge in [0.15, 0.2) is 0 Å². The average molecular weight is 399 g/mol. The quantitative estimate of drug-likeness (QED) is 0.482. The molecule has 0 radical (unpaired) electrons. The molecule has 156 valence electrons. The summed E-state index contributed by atoms with van der Waals surface area (Å²) in [6.45, 7) is 9.74. The van der Waals surface area contributed by atoms with Gasteiger partial charge < -0.3 is 4.90 Å². The zero-order valence-corrected chi connectivity index (χ0v) is 18.0. The van der Waals surface area contributed by atoms with E-state index in [1.807, 2.05) is 32.0 Å². The topological polar surface area (TPSA) is 27.0 Å². The minimum Gasteiger partial charge on any atom is -0.301 e. The van der Waals surface area contributed by atoms with Gasteiger partial charge in [-0.05, 0) is 63.3 Å². The van der Waals surface area contributed by atoms with Gasteiger partial charge in [0.2, 0.25) is 0 Å². The second kappa shape index (κ2) is 10.5. The lowest BCUT2D eigenvalue weighted by molar-refractivity contribution is 0.208. The highest BCUT2D eigenvalue weighted by Gasteiger charge is 2.40. The Morgan fingerprint density at radius 1 is 0.931 bits per heavy atom. The van der Waals surface area contributed by atoms with Crippen molar-refractivity contribution in [2.24, 2.45) is 5.92 Å². The van der Waals surface area contributed by atoms with Crippen molar-refractivity contribution in [1.29, 1.82) is 5.26 Å². The van der Waals surface area contributed by atoms with Gasteiger partial charge in [0.25, 0.3) is 0 Å². The molecule has 1 unspecified atom stereocenters. The monoisotopic (exact) mass is 398 g/mol. The van der Waals surface area contributed by atoms with Crippen molar-refractivity contribution >= 4 is 0 Å². The second-order valence-electron chi connectivity index (χ2n) is 8.30. The molecule has 0 saturated heterocycles. The first-order chi connectivity index (χ1) is 13.8. The zero-order valence-electron chi connectivity index (χ0n) is 18.0. The molecule has 29 heavy (non-hydrogen) atoms. The summed E-state index contributed by atoms with van der Waals surface area (Å²) in [5, 5.41) is 9.98. The van der Waals surface area contributed by atoms with Gasteiger partial charge in [0.1, 0.15) is 11.6 Å². The van der Waals surface area contributed by atoms with E-state index in [2.05, 4.69) is 36.9 Å². The number of hydrogen-bond acceptors (Lipinski definition) is 2. The highest BCUT2D eigenvalue weighted by Crippen LogP contribution is 2.39. The van der Waals surface area contributed by atoms with Crippen LogP contribution in [0.4, 0.5) is 8.78 Å². The first-order valence-corrected chi connectivity index (χ1v) is 10.5. The average Bonchev–Trinajstić information content (AvgIpc) is 2.69. The highest BCUT2D eigenvalue weighted by atomic mass is 19.1. The first kappa shape index (κ1) is 23.0. The third-order valence-electron chi connectivity index (χ3n) is 5.87. The van der Waals surface area contributed by atoms with E-state index in [1.54, 1.807) is 0 Å². The molecule has 0 amide bonds. The fourth-order valence-corrected chi connectivity index (χ4v) is 3.97. The predicted octanol–water partition coefficient (Wildman–Crippen LogP) is 6.12. The number of nitrogens with zero attached hydrogens (tertiary/aromatic N) is 2. The van der Waals surface area contributed by atoms with Gasteiger partial charge in [-0.1, -0.05) is 50.2 Å². The minimum absolute atomic E-state index is 0.0853. The molecule has 0 aliphatic rings. The maximum atomic E-state index is 14.5. The molecule has 2 aromatic rings. The summed E-state index contributed by atoms with van der Waals surface area (Å²) in [7, 11) is 0. The fraction of sp³-hybridized carbons (Fsp3) is 0.480. The molecule has 2 aromatic carbocycles. The number of halogens is 2. The summed E-state index contributed by atoms with van der Waals surface area (Å²) in [4.78, 5) is 2.37. The summed E-state index contributed by atoms with van der Waals surface area (Å²) in [6, 6.07) is 16.8. The number of benzene rings is 2. The van der Waals surface area contributed by atoms with Crippen LogP contribution in [0.25, 0.3) is 0 Å². The van der Waals surface area contributed by atoms with Crippen LogP contribution in [0.5, 0.6) is 0 Å². The van der Waals surface area contributed by atoms with Gasteiger partial charge >= 0.3 is 0 Å². The molecule has 0 fully saturated rings. The van der Waals surface area contributed by atoms with Crippen molar-refractivity contribution in [2.45, 2.75) is 58.4 Å². The molecule has 2 rings (SSSR count). The van der Waals surface area contributed by atoms with E-state index in [4.69, 9.17) is 0 Å². The van der Waals surface area contributed by atoms with Gasteiger partial charge in [0.05, 0.1) is 11.5 Å². The molecule has 0 spiro atoms. The van der Waals surface area contributed by atoms with Gasteiger partial charge in [-0.15, -0.1) is 0 Å². The Labute approximate surface area is 174 Å². The van der Waals surface area contributed by atoms with Gasteiger partial charge in [0, 0.05) is 18.2 Å². The van der Waals surface area contributed by atoms with Crippen LogP contribution in [-0.4, -0.2) is 24.0 Å². The van der Waals surface area contributed by atoms with Crippen LogP contribution in [0, 0.1) is 28.9 Å². The van der Waals surface area contributed by atoms with Crippen molar-refractivity contribution in [3.63, 3.8) is 0 Å². The molecule has 0 aromatic heterocycles. The van der Waals surface area contributed by atoms with Crippen molar-refractivity contribution in [3.05, 3.63) is 71.3 Å². The zero-order chi connectivity index (χ0) is 21.4. The summed E-state index contributed by atoms with van der Waals surface area (Å²) >= 11 is 0. The van der Waals surface area contributed by atoms with E-state index < -0.39 is 17.0 Å². The predicted molar refractivity (Wildman–Crippen MR) is 115 cm³/mol. The molecule has 2 nitrogen and oxygen atoms in total. The lowest BCUT2D eigenvalue weighted by Gasteiger charge is -2.33. The van der Waals surface area contributed by atoms with E-state index in [0.717, 1.165) is 19.5 Å². The van der Waals surface area contributed by atoms with Gasteiger partial charge in [-0.2, -0.15) is 5.26 Å². The summed E-state index contributed by atoms with van der Waals surface area (Å²) in [6.07, 6.45) is 2.08. The van der Waals surface area contributed by atoms with Crippen molar-refractivity contribution in [3.8, 4) is 6.07 Å². The Balaban J connectivity index is 2.11. The Hall–Kier alpha value is -2.25. The van der Waals surface area contributed by atoms with Crippen LogP contribution in [0.2, 0.25) is 0 Å². The number of rotatable bonds is 10. The smallest absolute Gasteiger partial charge is 0.130 e. The van der Waals surface area contributed by atoms with E-state index in [1.165, 1.54) is 23.8 Å². The van der Waals surface area contributed by atoms with Crippen molar-refractivity contribution in [1.82, 2.24) is 4.90 Å². The Morgan fingerprint density at radius 2 is 1.55 bits per heavy atom. The molecule has 0 aliphatic carbocycles. The SMILES string of the molecule is CC(C)N(CCCC(C#N)(c1c(F)cccc1F)C(C)C)CCc1ccccc1. The summed E-state index contributed by atoms with van der Waals surface area (Å²) < 4.78 is 29.0. The molecule has 0 aliphatic heterocycles. The van der Waals surface area contributed by atoms with Crippen LogP contribution >= 0.6 is 0 Å². The molecular weight excluding hydrogens is 366 g/mol. The highest BCUT2D eigenvalue weighted by molar-refractivity contribution is 5.36. The van der Waals surface area contributed by atoms with E-state index in [0.29, 0.717) is 18.9 Å². The van der Waals surface area contributed by atoms with Crippen LogP contribution < -0.4 is 0 Å². The third kappa shape index (κ3) is 5.64.